The van der Waals surface area contributed by atoms with Crippen molar-refractivity contribution in [3.63, 3.8) is 0 Å². The normalized spacial score (nSPS) is 17.1. The highest BCUT2D eigenvalue weighted by Gasteiger charge is 2.33. The number of hydrogen-bond donors (Lipinski definition) is 1. The molecule has 3 rings (SSSR count). The largest absolute Gasteiger partial charge is 0.478 e. The van der Waals surface area contributed by atoms with Crippen molar-refractivity contribution in [1.82, 2.24) is 4.90 Å². The molecule has 7 heteroatoms. The van der Waals surface area contributed by atoms with E-state index in [-0.39, 0.29) is 11.5 Å². The maximum Gasteiger partial charge on any atom is 0.335 e. The summed E-state index contributed by atoms with van der Waals surface area (Å²) in [5.74, 6) is -1.13. The van der Waals surface area contributed by atoms with Crippen LogP contribution in [0.4, 0.5) is 5.69 Å². The number of rotatable bonds is 6. The first kappa shape index (κ1) is 18.9. The summed E-state index contributed by atoms with van der Waals surface area (Å²) in [6.07, 6.45) is 1.74. The minimum absolute atomic E-state index is 0.144. The van der Waals surface area contributed by atoms with Gasteiger partial charge in [0.15, 0.2) is 5.17 Å². The van der Waals surface area contributed by atoms with Crippen molar-refractivity contribution < 1.29 is 19.4 Å². The summed E-state index contributed by atoms with van der Waals surface area (Å²) >= 11 is 1.29. The molecule has 1 amide bonds. The number of carbonyl (C=O) groups excluding carboxylic acids is 1. The average Bonchev–Trinajstić information content (AvgIpc) is 2.96. The smallest absolute Gasteiger partial charge is 0.335 e. The fourth-order valence-electron chi connectivity index (χ4n) is 2.46. The number of carbonyl (C=O) groups is 2. The quantitative estimate of drug-likeness (QED) is 0.772. The van der Waals surface area contributed by atoms with Crippen LogP contribution in [-0.4, -0.2) is 47.3 Å². The second-order valence-electron chi connectivity index (χ2n) is 5.72. The zero-order valence-electron chi connectivity index (χ0n) is 14.7. The fraction of sp³-hybridized carbons (Fsp3) is 0.150. The Morgan fingerprint density at radius 2 is 1.89 bits per heavy atom. The number of para-hydroxylation sites is 1. The molecule has 0 unspecified atom stereocenters. The van der Waals surface area contributed by atoms with Gasteiger partial charge in [0.25, 0.3) is 5.91 Å². The van der Waals surface area contributed by atoms with Crippen molar-refractivity contribution in [3.8, 4) is 0 Å². The predicted molar refractivity (Wildman–Crippen MR) is 106 cm³/mol. The Morgan fingerprint density at radius 1 is 1.19 bits per heavy atom. The first-order valence-electron chi connectivity index (χ1n) is 8.26. The van der Waals surface area contributed by atoms with E-state index in [2.05, 4.69) is 4.99 Å². The lowest BCUT2D eigenvalue weighted by molar-refractivity contribution is -0.122. The third-order valence-corrected chi connectivity index (χ3v) is 4.85. The maximum absolute atomic E-state index is 12.8. The number of aromatic carboxylic acids is 1. The molecule has 2 aromatic carbocycles. The standard InChI is InChI=1S/C20H18N2O4S/c1-26-12-11-22-18(23)17(13-14-7-9-15(10-8-14)19(24)25)27-20(22)21-16-5-3-2-4-6-16/h2-10,13H,11-12H2,1H3,(H,24,25)/b17-13+,21-20?. The maximum atomic E-state index is 12.8. The number of carboxylic acid groups (broad SMARTS) is 1. The predicted octanol–water partition coefficient (Wildman–Crippen LogP) is 3.64. The molecule has 0 spiro atoms. The third-order valence-electron chi connectivity index (χ3n) is 3.84. The Morgan fingerprint density at radius 3 is 2.52 bits per heavy atom. The molecule has 0 bridgehead atoms. The minimum Gasteiger partial charge on any atom is -0.478 e. The first-order chi connectivity index (χ1) is 13.1. The minimum atomic E-state index is -0.983. The van der Waals surface area contributed by atoms with Gasteiger partial charge < -0.3 is 9.84 Å². The number of aliphatic imine (C=N–C) groups is 1. The topological polar surface area (TPSA) is 79.2 Å². The number of carboxylic acids is 1. The lowest BCUT2D eigenvalue weighted by Gasteiger charge is -2.14. The number of amidine groups is 1. The van der Waals surface area contributed by atoms with E-state index < -0.39 is 5.97 Å². The Hall–Kier alpha value is -2.90. The molecule has 6 nitrogen and oxygen atoms in total. The molecule has 0 radical (unpaired) electrons. The Kier molecular flexibility index (Phi) is 6.05. The van der Waals surface area contributed by atoms with Crippen molar-refractivity contribution in [2.75, 3.05) is 20.3 Å². The lowest BCUT2D eigenvalue weighted by atomic mass is 10.1. The zero-order chi connectivity index (χ0) is 19.2. The number of methoxy groups -OCH3 is 1. The average molecular weight is 382 g/mol. The molecule has 27 heavy (non-hydrogen) atoms. The molecule has 1 heterocycles. The van der Waals surface area contributed by atoms with Crippen molar-refractivity contribution in [3.05, 3.63) is 70.6 Å². The van der Waals surface area contributed by atoms with Crippen LogP contribution >= 0.6 is 11.8 Å². The van der Waals surface area contributed by atoms with Gasteiger partial charge >= 0.3 is 5.97 Å². The van der Waals surface area contributed by atoms with Gasteiger partial charge in [0, 0.05) is 7.11 Å². The summed E-state index contributed by atoms with van der Waals surface area (Å²) in [6, 6.07) is 15.8. The number of hydrogen-bond acceptors (Lipinski definition) is 5. The summed E-state index contributed by atoms with van der Waals surface area (Å²) in [4.78, 5) is 30.5. The number of benzene rings is 2. The first-order valence-corrected chi connectivity index (χ1v) is 9.07. The molecule has 1 aliphatic rings. The molecular weight excluding hydrogens is 364 g/mol. The molecule has 1 N–H and O–H groups in total. The van der Waals surface area contributed by atoms with Crippen LogP contribution in [0.3, 0.4) is 0 Å². The molecular formula is C20H18N2O4S. The van der Waals surface area contributed by atoms with E-state index in [1.54, 1.807) is 30.2 Å². The Labute approximate surface area is 161 Å². The van der Waals surface area contributed by atoms with E-state index in [0.717, 1.165) is 11.3 Å². The highest BCUT2D eigenvalue weighted by Crippen LogP contribution is 2.34. The van der Waals surface area contributed by atoms with Gasteiger partial charge in [0.2, 0.25) is 0 Å². The summed E-state index contributed by atoms with van der Waals surface area (Å²) in [5.41, 5.74) is 1.72. The molecule has 1 aliphatic heterocycles. The van der Waals surface area contributed by atoms with Gasteiger partial charge in [-0.15, -0.1) is 0 Å². The monoisotopic (exact) mass is 382 g/mol. The van der Waals surface area contributed by atoms with Crippen LogP contribution in [0.25, 0.3) is 6.08 Å². The van der Waals surface area contributed by atoms with Crippen molar-refractivity contribution >= 4 is 40.6 Å². The van der Waals surface area contributed by atoms with E-state index in [1.165, 1.54) is 23.9 Å². The van der Waals surface area contributed by atoms with Crippen molar-refractivity contribution in [1.29, 1.82) is 0 Å². The van der Waals surface area contributed by atoms with E-state index >= 15 is 0 Å². The zero-order valence-corrected chi connectivity index (χ0v) is 15.5. The van der Waals surface area contributed by atoms with Gasteiger partial charge in [-0.2, -0.15) is 0 Å². The van der Waals surface area contributed by atoms with Crippen LogP contribution in [-0.2, 0) is 9.53 Å². The van der Waals surface area contributed by atoms with Crippen LogP contribution in [0.5, 0.6) is 0 Å². The summed E-state index contributed by atoms with van der Waals surface area (Å²) < 4.78 is 5.11. The fourth-order valence-corrected chi connectivity index (χ4v) is 3.48. The molecule has 0 aromatic heterocycles. The highest BCUT2D eigenvalue weighted by molar-refractivity contribution is 8.18. The molecule has 2 aromatic rings. The molecule has 138 valence electrons. The van der Waals surface area contributed by atoms with Gasteiger partial charge in [0.1, 0.15) is 0 Å². The van der Waals surface area contributed by atoms with Crippen LogP contribution in [0.1, 0.15) is 15.9 Å². The number of amides is 1. The third kappa shape index (κ3) is 4.64. The number of nitrogens with zero attached hydrogens (tertiary/aromatic N) is 2. The van der Waals surface area contributed by atoms with Gasteiger partial charge in [-0.25, -0.2) is 9.79 Å². The molecule has 0 aliphatic carbocycles. The summed E-state index contributed by atoms with van der Waals surface area (Å²) in [6.45, 7) is 0.810. The van der Waals surface area contributed by atoms with Crippen LogP contribution in [0, 0.1) is 0 Å². The van der Waals surface area contributed by atoms with Crippen LogP contribution in [0.15, 0.2) is 64.5 Å². The van der Waals surface area contributed by atoms with E-state index in [4.69, 9.17) is 9.84 Å². The van der Waals surface area contributed by atoms with Crippen molar-refractivity contribution in [2.24, 2.45) is 4.99 Å². The summed E-state index contributed by atoms with van der Waals surface area (Å²) in [5, 5.41) is 9.58. The van der Waals surface area contributed by atoms with E-state index in [9.17, 15) is 9.59 Å². The second-order valence-corrected chi connectivity index (χ2v) is 6.73. The summed E-state index contributed by atoms with van der Waals surface area (Å²) in [7, 11) is 1.59. The number of ether oxygens (including phenoxy) is 1. The van der Waals surface area contributed by atoms with E-state index in [1.807, 2.05) is 30.3 Å². The van der Waals surface area contributed by atoms with E-state index in [0.29, 0.717) is 23.2 Å². The van der Waals surface area contributed by atoms with Gasteiger partial charge in [0.05, 0.1) is 29.3 Å². The lowest BCUT2D eigenvalue weighted by Crippen LogP contribution is -2.32. The Balaban J connectivity index is 1.89. The number of thioether (sulfide) groups is 1. The van der Waals surface area contributed by atoms with Crippen LogP contribution < -0.4 is 0 Å². The van der Waals surface area contributed by atoms with Crippen LogP contribution in [0.2, 0.25) is 0 Å². The highest BCUT2D eigenvalue weighted by atomic mass is 32.2. The molecule has 1 saturated heterocycles. The van der Waals surface area contributed by atoms with Crippen molar-refractivity contribution in [2.45, 2.75) is 0 Å². The SMILES string of the molecule is COCCN1C(=O)/C(=C\c2ccc(C(=O)O)cc2)SC1=Nc1ccccc1. The van der Waals surface area contributed by atoms with Gasteiger partial charge in [-0.1, -0.05) is 30.3 Å². The van der Waals surface area contributed by atoms with Gasteiger partial charge in [-0.3, -0.25) is 9.69 Å². The molecule has 1 fully saturated rings. The Bertz CT molecular complexity index is 892. The molecule has 0 saturated carbocycles. The molecule has 0 atom stereocenters. The second kappa shape index (κ2) is 8.66. The van der Waals surface area contributed by atoms with Gasteiger partial charge in [-0.05, 0) is 47.7 Å².